The van der Waals surface area contributed by atoms with E-state index in [-0.39, 0.29) is 0 Å². The fourth-order valence-electron chi connectivity index (χ4n) is 3.91. The second-order valence-corrected chi connectivity index (χ2v) is 27.2. The summed E-state index contributed by atoms with van der Waals surface area (Å²) in [5.74, 6) is 5.99. The van der Waals surface area contributed by atoms with Crippen LogP contribution in [0, 0.1) is 22.9 Å². The van der Waals surface area contributed by atoms with Gasteiger partial charge in [-0.1, -0.05) is 176 Å². The molecule has 44 heavy (non-hydrogen) atoms. The van der Waals surface area contributed by atoms with E-state index >= 15 is 0 Å². The molecule has 0 N–H and O–H groups in total. The van der Waals surface area contributed by atoms with Crippen molar-refractivity contribution < 1.29 is 19.1 Å². The van der Waals surface area contributed by atoms with E-state index in [9.17, 15) is 9.59 Å². The predicted molar refractivity (Wildman–Crippen MR) is 202 cm³/mol. The van der Waals surface area contributed by atoms with Gasteiger partial charge in [0, 0.05) is 0 Å². The van der Waals surface area contributed by atoms with Crippen LogP contribution in [-0.2, 0) is 19.1 Å². The lowest BCUT2D eigenvalue weighted by atomic mass is 10.1. The Kier molecular flexibility index (Phi) is 18.2. The van der Waals surface area contributed by atoms with Crippen molar-refractivity contribution in [3.05, 3.63) is 28.1 Å². The first-order valence-corrected chi connectivity index (χ1v) is 26.5. The van der Waals surface area contributed by atoms with Crippen LogP contribution in [0.2, 0.25) is 39.3 Å². The third kappa shape index (κ3) is 15.6. The third-order valence-corrected chi connectivity index (χ3v) is 13.5. The Morgan fingerprint density at radius 2 is 0.886 bits per heavy atom. The van der Waals surface area contributed by atoms with Gasteiger partial charge in [0.15, 0.2) is 0 Å². The van der Waals surface area contributed by atoms with Crippen molar-refractivity contribution in [1.82, 2.24) is 0 Å². The summed E-state index contributed by atoms with van der Waals surface area (Å²) in [4.78, 5) is 29.2. The maximum Gasteiger partial charge on any atom is 0.346 e. The third-order valence-electron chi connectivity index (χ3n) is 6.29. The quantitative estimate of drug-likeness (QED) is 0.0680. The minimum Gasteiger partial charge on any atom is -0.462 e. The van der Waals surface area contributed by atoms with Crippen molar-refractivity contribution in [3.8, 4) is 22.9 Å². The lowest BCUT2D eigenvalue weighted by Gasteiger charge is -2.07. The second kappa shape index (κ2) is 20.4. The van der Waals surface area contributed by atoms with Crippen LogP contribution in [0.15, 0.2) is 28.1 Å². The molecule has 4 nitrogen and oxygen atoms in total. The summed E-state index contributed by atoms with van der Waals surface area (Å²) < 4.78 is 13.3. The van der Waals surface area contributed by atoms with Crippen LogP contribution in [0.25, 0.3) is 0 Å². The number of thioether (sulfide) groups is 4. The zero-order valence-electron chi connectivity index (χ0n) is 28.2. The molecule has 0 radical (unpaired) electrons. The van der Waals surface area contributed by atoms with Crippen molar-refractivity contribution in [2.45, 2.75) is 130 Å². The SMILES string of the molecule is CCCCCCCCOC(=O)C1=C(C(=O)OCCCCCCCC)SC(=C2SC(C#C[Si](C)(C)C)=C(C#C[Si](C)(C)C)S2)S1. The van der Waals surface area contributed by atoms with Crippen molar-refractivity contribution in [1.29, 1.82) is 0 Å². The molecule has 0 fully saturated rings. The Morgan fingerprint density at radius 1 is 0.545 bits per heavy atom. The molecular formula is C34H52O4S4Si2. The van der Waals surface area contributed by atoms with Crippen LogP contribution < -0.4 is 0 Å². The van der Waals surface area contributed by atoms with Crippen molar-refractivity contribution in [3.63, 3.8) is 0 Å². The molecule has 0 atom stereocenters. The van der Waals surface area contributed by atoms with Gasteiger partial charge in [-0.3, -0.25) is 0 Å². The number of rotatable bonds is 16. The van der Waals surface area contributed by atoms with Gasteiger partial charge in [-0.2, -0.15) is 0 Å². The molecule has 0 aliphatic carbocycles. The van der Waals surface area contributed by atoms with Crippen LogP contribution in [0.4, 0.5) is 0 Å². The lowest BCUT2D eigenvalue weighted by molar-refractivity contribution is -0.141. The maximum atomic E-state index is 13.3. The average molecular weight is 709 g/mol. The molecule has 2 rings (SSSR count). The van der Waals surface area contributed by atoms with Gasteiger partial charge >= 0.3 is 11.9 Å². The number of hydrogen-bond acceptors (Lipinski definition) is 8. The normalized spacial score (nSPS) is 15.3. The Balaban J connectivity index is 2.21. The van der Waals surface area contributed by atoms with E-state index in [2.05, 4.69) is 76.1 Å². The van der Waals surface area contributed by atoms with Crippen LogP contribution in [0.3, 0.4) is 0 Å². The monoisotopic (exact) mass is 708 g/mol. The van der Waals surface area contributed by atoms with Gasteiger partial charge in [0.25, 0.3) is 0 Å². The Hall–Kier alpha value is -0.886. The summed E-state index contributed by atoms with van der Waals surface area (Å²) in [5, 5.41) is 0. The summed E-state index contributed by atoms with van der Waals surface area (Å²) in [7, 11) is -3.17. The standard InChI is InChI=1S/C34H52O4S4Si2/c1-9-11-13-15-17-19-23-37-31(35)29-30(32(36)38-24-20-18-16-14-12-10-2)42-34(41-29)33-39-27(21-25-43(3,4)5)28(40-33)22-26-44(6,7)8/h9-20,23-24H2,1-8H3. The van der Waals surface area contributed by atoms with E-state index in [0.29, 0.717) is 23.0 Å². The summed E-state index contributed by atoms with van der Waals surface area (Å²) in [6.45, 7) is 18.5. The zero-order valence-corrected chi connectivity index (χ0v) is 33.4. The molecule has 244 valence electrons. The van der Waals surface area contributed by atoms with E-state index in [0.717, 1.165) is 56.8 Å². The van der Waals surface area contributed by atoms with E-state index < -0.39 is 28.1 Å². The van der Waals surface area contributed by atoms with Crippen LogP contribution in [-0.4, -0.2) is 41.3 Å². The molecule has 0 unspecified atom stereocenters. The van der Waals surface area contributed by atoms with Crippen molar-refractivity contribution in [2.75, 3.05) is 13.2 Å². The fraction of sp³-hybridized carbons (Fsp3) is 0.647. The zero-order chi connectivity index (χ0) is 32.6. The second-order valence-electron chi connectivity index (χ2n) is 13.1. The first kappa shape index (κ1) is 39.3. The summed E-state index contributed by atoms with van der Waals surface area (Å²) in [6, 6.07) is 0. The minimum absolute atomic E-state index is 0.342. The highest BCUT2D eigenvalue weighted by Crippen LogP contribution is 2.60. The first-order valence-electron chi connectivity index (χ1n) is 16.2. The maximum absolute atomic E-state index is 13.3. The number of esters is 2. The number of unbranched alkanes of at least 4 members (excludes halogenated alkanes) is 10. The molecule has 2 aliphatic heterocycles. The number of allylic oxidation sites excluding steroid dienone is 2. The molecule has 0 saturated heterocycles. The summed E-state index contributed by atoms with van der Waals surface area (Å²) in [6.07, 6.45) is 13.4. The molecule has 0 saturated carbocycles. The molecule has 0 aromatic carbocycles. The van der Waals surface area contributed by atoms with Gasteiger partial charge in [0.2, 0.25) is 0 Å². The molecule has 2 aliphatic rings. The van der Waals surface area contributed by atoms with Gasteiger partial charge in [-0.05, 0) is 12.8 Å². The molecule has 0 aromatic rings. The van der Waals surface area contributed by atoms with Crippen LogP contribution in [0.1, 0.15) is 90.9 Å². The van der Waals surface area contributed by atoms with Crippen LogP contribution in [0.5, 0.6) is 0 Å². The number of carbonyl (C=O) groups is 2. The van der Waals surface area contributed by atoms with E-state index in [4.69, 9.17) is 9.47 Å². The average Bonchev–Trinajstić information content (AvgIpc) is 3.58. The highest BCUT2D eigenvalue weighted by Gasteiger charge is 2.36. The number of ether oxygens (including phenoxy) is 2. The van der Waals surface area contributed by atoms with Gasteiger partial charge in [-0.15, -0.1) is 11.1 Å². The smallest absolute Gasteiger partial charge is 0.346 e. The topological polar surface area (TPSA) is 52.6 Å². The molecule has 10 heteroatoms. The number of carbonyl (C=O) groups excluding carboxylic acids is 2. The minimum atomic E-state index is -1.59. The summed E-state index contributed by atoms with van der Waals surface area (Å²) >= 11 is 5.88. The highest BCUT2D eigenvalue weighted by molar-refractivity contribution is 8.34. The number of hydrogen-bond donors (Lipinski definition) is 0. The van der Waals surface area contributed by atoms with Gasteiger partial charge < -0.3 is 9.47 Å². The molecule has 0 spiro atoms. The molecule has 0 aromatic heterocycles. The largest absolute Gasteiger partial charge is 0.462 e. The van der Waals surface area contributed by atoms with E-state index in [1.54, 1.807) is 23.5 Å². The summed E-state index contributed by atoms with van der Waals surface area (Å²) in [5.41, 5.74) is 6.98. The molecular weight excluding hydrogens is 657 g/mol. The first-order chi connectivity index (χ1) is 20.8. The van der Waals surface area contributed by atoms with Crippen molar-refractivity contribution in [2.24, 2.45) is 0 Å². The van der Waals surface area contributed by atoms with E-state index in [1.165, 1.54) is 62.0 Å². The Bertz CT molecular complexity index is 1130. The van der Waals surface area contributed by atoms with Crippen molar-refractivity contribution >= 4 is 75.1 Å². The van der Waals surface area contributed by atoms with E-state index in [1.807, 2.05) is 0 Å². The highest BCUT2D eigenvalue weighted by atomic mass is 32.2. The molecule has 0 amide bonds. The predicted octanol–water partition coefficient (Wildman–Crippen LogP) is 11.1. The lowest BCUT2D eigenvalue weighted by Crippen LogP contribution is -2.16. The molecule has 2 heterocycles. The Labute approximate surface area is 287 Å². The Morgan fingerprint density at radius 3 is 1.25 bits per heavy atom. The van der Waals surface area contributed by atoms with Gasteiger partial charge in [-0.25, -0.2) is 9.59 Å². The van der Waals surface area contributed by atoms with Gasteiger partial charge in [0.1, 0.15) is 26.0 Å². The van der Waals surface area contributed by atoms with Gasteiger partial charge in [0.05, 0.1) is 31.5 Å². The van der Waals surface area contributed by atoms with Crippen LogP contribution >= 0.6 is 47.0 Å². The molecule has 0 bridgehead atoms. The fourth-order valence-corrected chi connectivity index (χ4v) is 10.1.